The normalized spacial score (nSPS) is 18.7. The second kappa shape index (κ2) is 7.27. The number of benzene rings is 2. The van der Waals surface area contributed by atoms with Gasteiger partial charge in [-0.1, -0.05) is 42.5 Å². The molecule has 2 aromatic carbocycles. The molecule has 5 nitrogen and oxygen atoms in total. The quantitative estimate of drug-likeness (QED) is 0.822. The Balaban J connectivity index is 1.55. The predicted octanol–water partition coefficient (Wildman–Crippen LogP) is 2.38. The van der Waals surface area contributed by atoms with Gasteiger partial charge in [-0.25, -0.2) is 8.42 Å². The summed E-state index contributed by atoms with van der Waals surface area (Å²) in [6.45, 7) is -0.0995. The van der Waals surface area contributed by atoms with Crippen LogP contribution in [0.3, 0.4) is 0 Å². The Morgan fingerprint density at radius 2 is 1.72 bits per heavy atom. The smallest absolute Gasteiger partial charge is 0.260 e. The number of sulfone groups is 1. The van der Waals surface area contributed by atoms with Crippen LogP contribution in [0.15, 0.2) is 54.6 Å². The van der Waals surface area contributed by atoms with Gasteiger partial charge in [0, 0.05) is 13.1 Å². The average Bonchev–Trinajstić information content (AvgIpc) is 3.00. The Bertz CT molecular complexity index is 831. The van der Waals surface area contributed by atoms with Gasteiger partial charge in [0.15, 0.2) is 16.4 Å². The summed E-state index contributed by atoms with van der Waals surface area (Å²) in [6.07, 6.45) is 0.496. The summed E-state index contributed by atoms with van der Waals surface area (Å²) < 4.78 is 28.6. The number of hydrogen-bond donors (Lipinski definition) is 0. The Labute approximate surface area is 148 Å². The van der Waals surface area contributed by atoms with Gasteiger partial charge >= 0.3 is 0 Å². The third kappa shape index (κ3) is 4.39. The number of ether oxygens (including phenoxy) is 1. The first kappa shape index (κ1) is 17.5. The molecule has 0 saturated carbocycles. The molecule has 3 rings (SSSR count). The minimum atomic E-state index is -3.01. The van der Waals surface area contributed by atoms with Gasteiger partial charge in [0.05, 0.1) is 11.5 Å². The summed E-state index contributed by atoms with van der Waals surface area (Å²) in [6, 6.07) is 17.3. The first-order valence-corrected chi connectivity index (χ1v) is 10.0. The van der Waals surface area contributed by atoms with E-state index in [1.807, 2.05) is 54.6 Å². The van der Waals surface area contributed by atoms with E-state index in [9.17, 15) is 13.2 Å². The molecule has 0 bridgehead atoms. The SMILES string of the molecule is CN(C(=O)COc1ccc(-c2ccccc2)cc1)C1CCS(=O)(=O)C1. The number of rotatable bonds is 5. The van der Waals surface area contributed by atoms with Crippen molar-refractivity contribution in [1.29, 1.82) is 0 Å². The van der Waals surface area contributed by atoms with Gasteiger partial charge in [0.2, 0.25) is 0 Å². The highest BCUT2D eigenvalue weighted by Crippen LogP contribution is 2.22. The third-order valence-electron chi connectivity index (χ3n) is 4.47. The second-order valence-corrected chi connectivity index (χ2v) is 8.47. The van der Waals surface area contributed by atoms with Crippen LogP contribution in [0.4, 0.5) is 0 Å². The second-order valence-electron chi connectivity index (χ2n) is 6.24. The van der Waals surface area contributed by atoms with Gasteiger partial charge in [-0.2, -0.15) is 0 Å². The minimum absolute atomic E-state index is 0.0427. The lowest BCUT2D eigenvalue weighted by Crippen LogP contribution is -2.40. The first-order chi connectivity index (χ1) is 11.9. The van der Waals surface area contributed by atoms with Gasteiger partial charge < -0.3 is 9.64 Å². The van der Waals surface area contributed by atoms with Crippen LogP contribution in [-0.4, -0.2) is 50.4 Å². The van der Waals surface area contributed by atoms with Crippen LogP contribution in [0.5, 0.6) is 5.75 Å². The van der Waals surface area contributed by atoms with Crippen molar-refractivity contribution < 1.29 is 17.9 Å². The molecule has 1 saturated heterocycles. The van der Waals surface area contributed by atoms with Gasteiger partial charge in [-0.3, -0.25) is 4.79 Å². The molecule has 0 N–H and O–H groups in total. The number of nitrogens with zero attached hydrogens (tertiary/aromatic N) is 1. The van der Waals surface area contributed by atoms with E-state index in [0.29, 0.717) is 12.2 Å². The highest BCUT2D eigenvalue weighted by atomic mass is 32.2. The molecule has 1 aliphatic rings. The minimum Gasteiger partial charge on any atom is -0.484 e. The molecule has 1 amide bonds. The van der Waals surface area contributed by atoms with Crippen molar-refractivity contribution in [3.05, 3.63) is 54.6 Å². The maximum atomic E-state index is 12.2. The van der Waals surface area contributed by atoms with E-state index in [1.54, 1.807) is 7.05 Å². The van der Waals surface area contributed by atoms with Crippen molar-refractivity contribution in [2.75, 3.05) is 25.2 Å². The number of hydrogen-bond acceptors (Lipinski definition) is 4. The Morgan fingerprint density at radius 3 is 2.32 bits per heavy atom. The van der Waals surface area contributed by atoms with Crippen molar-refractivity contribution in [2.45, 2.75) is 12.5 Å². The van der Waals surface area contributed by atoms with Gasteiger partial charge in [0.1, 0.15) is 5.75 Å². The molecule has 1 atom stereocenters. The van der Waals surface area contributed by atoms with Crippen molar-refractivity contribution >= 4 is 15.7 Å². The highest BCUT2D eigenvalue weighted by Gasteiger charge is 2.32. The van der Waals surface area contributed by atoms with Crippen LogP contribution in [0.1, 0.15) is 6.42 Å². The van der Waals surface area contributed by atoms with Crippen molar-refractivity contribution in [3.63, 3.8) is 0 Å². The molecule has 6 heteroatoms. The molecule has 25 heavy (non-hydrogen) atoms. The van der Waals surface area contributed by atoms with E-state index in [1.165, 1.54) is 4.90 Å². The summed E-state index contributed by atoms with van der Waals surface area (Å²) in [5.41, 5.74) is 2.19. The zero-order chi connectivity index (χ0) is 17.9. The summed E-state index contributed by atoms with van der Waals surface area (Å²) in [4.78, 5) is 13.7. The van der Waals surface area contributed by atoms with Crippen LogP contribution >= 0.6 is 0 Å². The molecule has 0 spiro atoms. The summed E-state index contributed by atoms with van der Waals surface area (Å²) >= 11 is 0. The van der Waals surface area contributed by atoms with E-state index >= 15 is 0 Å². The van der Waals surface area contributed by atoms with Crippen LogP contribution < -0.4 is 4.74 Å². The molecule has 132 valence electrons. The van der Waals surface area contributed by atoms with Crippen LogP contribution in [0.2, 0.25) is 0 Å². The summed E-state index contributed by atoms with van der Waals surface area (Å²) in [5.74, 6) is 0.590. The van der Waals surface area contributed by atoms with Gasteiger partial charge in [-0.15, -0.1) is 0 Å². The molecule has 1 unspecified atom stereocenters. The fourth-order valence-electron chi connectivity index (χ4n) is 2.91. The van der Waals surface area contributed by atoms with Crippen LogP contribution in [0, 0.1) is 0 Å². The zero-order valence-electron chi connectivity index (χ0n) is 14.1. The Hall–Kier alpha value is -2.34. The number of likely N-dealkylation sites (N-methyl/N-ethyl adjacent to an activating group) is 1. The average molecular weight is 359 g/mol. The third-order valence-corrected chi connectivity index (χ3v) is 6.22. The lowest BCUT2D eigenvalue weighted by molar-refractivity contribution is -0.133. The maximum absolute atomic E-state index is 12.2. The molecule has 1 fully saturated rings. The van der Waals surface area contributed by atoms with Gasteiger partial charge in [-0.05, 0) is 29.7 Å². The Morgan fingerprint density at radius 1 is 1.08 bits per heavy atom. The monoisotopic (exact) mass is 359 g/mol. The lowest BCUT2D eigenvalue weighted by atomic mass is 10.1. The topological polar surface area (TPSA) is 63.7 Å². The summed E-state index contributed by atoms with van der Waals surface area (Å²) in [7, 11) is -1.37. The lowest BCUT2D eigenvalue weighted by Gasteiger charge is -2.23. The van der Waals surface area contributed by atoms with E-state index in [2.05, 4.69) is 0 Å². The fraction of sp³-hybridized carbons (Fsp3) is 0.316. The van der Waals surface area contributed by atoms with E-state index < -0.39 is 9.84 Å². The first-order valence-electron chi connectivity index (χ1n) is 8.19. The van der Waals surface area contributed by atoms with E-state index in [0.717, 1.165) is 11.1 Å². The predicted molar refractivity (Wildman–Crippen MR) is 97.2 cm³/mol. The molecule has 1 aliphatic heterocycles. The summed E-state index contributed by atoms with van der Waals surface area (Å²) in [5, 5.41) is 0. The molecule has 1 heterocycles. The van der Waals surface area contributed by atoms with Crippen molar-refractivity contribution in [2.24, 2.45) is 0 Å². The van der Waals surface area contributed by atoms with Crippen molar-refractivity contribution in [3.8, 4) is 16.9 Å². The van der Waals surface area contributed by atoms with Crippen LogP contribution in [-0.2, 0) is 14.6 Å². The molecular weight excluding hydrogens is 338 g/mol. The number of carbonyl (C=O) groups is 1. The standard InChI is InChI=1S/C19H21NO4S/c1-20(17-11-12-25(22,23)14-17)19(21)13-24-18-9-7-16(8-10-18)15-5-3-2-4-6-15/h2-10,17H,11-14H2,1H3. The zero-order valence-corrected chi connectivity index (χ0v) is 14.9. The molecule has 0 radical (unpaired) electrons. The van der Waals surface area contributed by atoms with Crippen molar-refractivity contribution in [1.82, 2.24) is 4.90 Å². The van der Waals surface area contributed by atoms with Gasteiger partial charge in [0.25, 0.3) is 5.91 Å². The Kier molecular flexibility index (Phi) is 5.08. The van der Waals surface area contributed by atoms with Crippen LogP contribution in [0.25, 0.3) is 11.1 Å². The molecule has 0 aliphatic carbocycles. The van der Waals surface area contributed by atoms with E-state index in [-0.39, 0.29) is 30.1 Å². The molecule has 2 aromatic rings. The maximum Gasteiger partial charge on any atom is 0.260 e. The molecular formula is C19H21NO4S. The number of amides is 1. The fourth-order valence-corrected chi connectivity index (χ4v) is 4.68. The molecule has 0 aromatic heterocycles. The van der Waals surface area contributed by atoms with E-state index in [4.69, 9.17) is 4.74 Å². The largest absolute Gasteiger partial charge is 0.484 e. The number of carbonyl (C=O) groups excluding carboxylic acids is 1. The highest BCUT2D eigenvalue weighted by molar-refractivity contribution is 7.91.